The molecule has 1 N–H and O–H groups in total. The zero-order chi connectivity index (χ0) is 16.5. The third-order valence-corrected chi connectivity index (χ3v) is 4.98. The van der Waals surface area contributed by atoms with Gasteiger partial charge in [0.15, 0.2) is 0 Å². The molecule has 0 bridgehead atoms. The van der Waals surface area contributed by atoms with E-state index in [1.54, 1.807) is 0 Å². The molecular weight excluding hydrogens is 276 g/mol. The van der Waals surface area contributed by atoms with Crippen molar-refractivity contribution in [3.63, 3.8) is 0 Å². The van der Waals surface area contributed by atoms with Gasteiger partial charge in [-0.15, -0.1) is 0 Å². The molecule has 3 atom stereocenters. The maximum atomic E-state index is 12.1. The van der Waals surface area contributed by atoms with Crippen molar-refractivity contribution < 1.29 is 9.53 Å². The average molecular weight is 310 g/mol. The minimum atomic E-state index is -0.411. The van der Waals surface area contributed by atoms with Crippen molar-refractivity contribution >= 4 is 6.09 Å². The van der Waals surface area contributed by atoms with Crippen molar-refractivity contribution in [3.05, 3.63) is 0 Å². The lowest BCUT2D eigenvalue weighted by molar-refractivity contribution is 0.0289. The SMILES string of the molecule is CC1CC(C)(C)CCC1NC1CCN(C(=O)OC(C)(C)C)C1. The minimum Gasteiger partial charge on any atom is -0.444 e. The van der Waals surface area contributed by atoms with Gasteiger partial charge in [-0.3, -0.25) is 0 Å². The summed E-state index contributed by atoms with van der Waals surface area (Å²) in [5, 5.41) is 3.80. The van der Waals surface area contributed by atoms with Crippen LogP contribution in [0.5, 0.6) is 0 Å². The van der Waals surface area contributed by atoms with Crippen molar-refractivity contribution in [2.75, 3.05) is 13.1 Å². The van der Waals surface area contributed by atoms with Crippen molar-refractivity contribution in [1.82, 2.24) is 10.2 Å². The van der Waals surface area contributed by atoms with E-state index in [1.807, 2.05) is 25.7 Å². The highest BCUT2D eigenvalue weighted by Crippen LogP contribution is 2.38. The first-order valence-electron chi connectivity index (χ1n) is 8.80. The molecule has 2 fully saturated rings. The molecule has 22 heavy (non-hydrogen) atoms. The van der Waals surface area contributed by atoms with E-state index < -0.39 is 5.60 Å². The Labute approximate surface area is 136 Å². The summed E-state index contributed by atoms with van der Waals surface area (Å²) in [6, 6.07) is 1.01. The van der Waals surface area contributed by atoms with Gasteiger partial charge in [-0.2, -0.15) is 0 Å². The van der Waals surface area contributed by atoms with E-state index in [9.17, 15) is 4.79 Å². The number of carbonyl (C=O) groups is 1. The number of amides is 1. The molecule has 0 radical (unpaired) electrons. The van der Waals surface area contributed by atoms with E-state index in [0.29, 0.717) is 23.4 Å². The second-order valence-corrected chi connectivity index (χ2v) is 9.07. The van der Waals surface area contributed by atoms with Gasteiger partial charge >= 0.3 is 6.09 Å². The number of likely N-dealkylation sites (tertiary alicyclic amines) is 1. The Kier molecular flexibility index (Phi) is 5.10. The molecule has 0 aromatic heterocycles. The van der Waals surface area contributed by atoms with Crippen LogP contribution < -0.4 is 5.32 Å². The summed E-state index contributed by atoms with van der Waals surface area (Å²) in [4.78, 5) is 14.0. The van der Waals surface area contributed by atoms with E-state index in [2.05, 4.69) is 26.1 Å². The third-order valence-electron chi connectivity index (χ3n) is 4.98. The summed E-state index contributed by atoms with van der Waals surface area (Å²) in [5.41, 5.74) is 0.0713. The largest absolute Gasteiger partial charge is 0.444 e. The van der Waals surface area contributed by atoms with Gasteiger partial charge in [0.25, 0.3) is 0 Å². The zero-order valence-electron chi connectivity index (χ0n) is 15.2. The van der Waals surface area contributed by atoms with Crippen LogP contribution in [0.2, 0.25) is 0 Å². The lowest BCUT2D eigenvalue weighted by Crippen LogP contribution is -2.47. The van der Waals surface area contributed by atoms with Crippen LogP contribution >= 0.6 is 0 Å². The lowest BCUT2D eigenvalue weighted by atomic mass is 9.70. The summed E-state index contributed by atoms with van der Waals surface area (Å²) >= 11 is 0. The smallest absolute Gasteiger partial charge is 0.410 e. The van der Waals surface area contributed by atoms with Crippen LogP contribution in [0.1, 0.15) is 67.2 Å². The predicted octanol–water partition coefficient (Wildman–Crippen LogP) is 3.80. The minimum absolute atomic E-state index is 0.172. The standard InChI is InChI=1S/C18H34N2O2/c1-13-11-18(5,6)9-7-15(13)19-14-8-10-20(12-14)16(21)22-17(2,3)4/h13-15,19H,7-12H2,1-6H3. The maximum absolute atomic E-state index is 12.1. The second-order valence-electron chi connectivity index (χ2n) is 9.07. The van der Waals surface area contributed by atoms with Crippen LogP contribution in [-0.2, 0) is 4.74 Å². The Morgan fingerprint density at radius 2 is 1.95 bits per heavy atom. The summed E-state index contributed by atoms with van der Waals surface area (Å²) in [7, 11) is 0. The summed E-state index contributed by atoms with van der Waals surface area (Å²) in [5.74, 6) is 0.708. The van der Waals surface area contributed by atoms with Gasteiger partial charge in [0, 0.05) is 25.2 Å². The Hall–Kier alpha value is -0.770. The number of hydrogen-bond donors (Lipinski definition) is 1. The van der Waals surface area contributed by atoms with Gasteiger partial charge in [-0.1, -0.05) is 20.8 Å². The van der Waals surface area contributed by atoms with Gasteiger partial charge < -0.3 is 15.0 Å². The molecule has 2 aliphatic rings. The van der Waals surface area contributed by atoms with Crippen molar-refractivity contribution in [3.8, 4) is 0 Å². The van der Waals surface area contributed by atoms with E-state index in [-0.39, 0.29) is 6.09 Å². The molecule has 4 heteroatoms. The topological polar surface area (TPSA) is 41.6 Å². The van der Waals surface area contributed by atoms with Crippen LogP contribution in [0.15, 0.2) is 0 Å². The molecule has 2 rings (SSSR count). The summed E-state index contributed by atoms with van der Waals surface area (Å²) in [6.07, 6.45) is 4.68. The van der Waals surface area contributed by atoms with Gasteiger partial charge in [0.2, 0.25) is 0 Å². The van der Waals surface area contributed by atoms with Crippen LogP contribution in [0.25, 0.3) is 0 Å². The Bertz CT molecular complexity index is 400. The molecule has 1 saturated heterocycles. The molecule has 0 aromatic rings. The second kappa shape index (κ2) is 6.38. The molecule has 3 unspecified atom stereocenters. The number of nitrogens with one attached hydrogen (secondary N) is 1. The molecular formula is C18H34N2O2. The van der Waals surface area contributed by atoms with Crippen LogP contribution in [-0.4, -0.2) is 41.8 Å². The number of ether oxygens (including phenoxy) is 1. The Morgan fingerprint density at radius 1 is 1.27 bits per heavy atom. The van der Waals surface area contributed by atoms with Crippen molar-refractivity contribution in [1.29, 1.82) is 0 Å². The van der Waals surface area contributed by atoms with Crippen LogP contribution in [0, 0.1) is 11.3 Å². The zero-order valence-corrected chi connectivity index (χ0v) is 15.2. The van der Waals surface area contributed by atoms with Crippen LogP contribution in [0.4, 0.5) is 4.79 Å². The highest BCUT2D eigenvalue weighted by Gasteiger charge is 2.35. The molecule has 1 saturated carbocycles. The third kappa shape index (κ3) is 4.87. The molecule has 1 aliphatic carbocycles. The maximum Gasteiger partial charge on any atom is 0.410 e. The fourth-order valence-electron chi connectivity index (χ4n) is 3.89. The monoisotopic (exact) mass is 310 g/mol. The highest BCUT2D eigenvalue weighted by atomic mass is 16.6. The van der Waals surface area contributed by atoms with Gasteiger partial charge in [-0.05, 0) is 57.8 Å². The van der Waals surface area contributed by atoms with Crippen molar-refractivity contribution in [2.24, 2.45) is 11.3 Å². The Morgan fingerprint density at radius 3 is 2.55 bits per heavy atom. The van der Waals surface area contributed by atoms with E-state index in [1.165, 1.54) is 19.3 Å². The first-order valence-corrected chi connectivity index (χ1v) is 8.80. The highest BCUT2D eigenvalue weighted by molar-refractivity contribution is 5.68. The average Bonchev–Trinajstić information content (AvgIpc) is 2.78. The molecule has 0 spiro atoms. The fraction of sp³-hybridized carbons (Fsp3) is 0.944. The molecule has 1 amide bonds. The lowest BCUT2D eigenvalue weighted by Gasteiger charge is -2.40. The van der Waals surface area contributed by atoms with Gasteiger partial charge in [0.1, 0.15) is 5.60 Å². The normalized spacial score (nSPS) is 32.1. The number of hydrogen-bond acceptors (Lipinski definition) is 3. The molecule has 1 aliphatic heterocycles. The predicted molar refractivity (Wildman–Crippen MR) is 89.9 cm³/mol. The fourth-order valence-corrected chi connectivity index (χ4v) is 3.89. The Balaban J connectivity index is 1.80. The van der Waals surface area contributed by atoms with E-state index in [0.717, 1.165) is 19.5 Å². The van der Waals surface area contributed by atoms with E-state index >= 15 is 0 Å². The van der Waals surface area contributed by atoms with Gasteiger partial charge in [-0.25, -0.2) is 4.79 Å². The number of nitrogens with zero attached hydrogens (tertiary/aromatic N) is 1. The molecule has 128 valence electrons. The van der Waals surface area contributed by atoms with Gasteiger partial charge in [0.05, 0.1) is 0 Å². The summed E-state index contributed by atoms with van der Waals surface area (Å²) in [6.45, 7) is 14.4. The number of carbonyl (C=O) groups excluding carboxylic acids is 1. The van der Waals surface area contributed by atoms with Crippen molar-refractivity contribution in [2.45, 2.75) is 84.9 Å². The van der Waals surface area contributed by atoms with Crippen LogP contribution in [0.3, 0.4) is 0 Å². The number of rotatable bonds is 2. The molecule has 4 nitrogen and oxygen atoms in total. The summed E-state index contributed by atoms with van der Waals surface area (Å²) < 4.78 is 5.47. The molecule has 0 aromatic carbocycles. The first kappa shape index (κ1) is 17.6. The van der Waals surface area contributed by atoms with E-state index in [4.69, 9.17) is 4.74 Å². The first-order chi connectivity index (χ1) is 10.1. The molecule has 1 heterocycles. The quantitative estimate of drug-likeness (QED) is 0.843.